The molecule has 86 valence electrons. The minimum atomic E-state index is -3.51. The summed E-state index contributed by atoms with van der Waals surface area (Å²) >= 11 is 11.6. The minimum Gasteiger partial charge on any atom is -0.207 e. The molecule has 0 fully saturated rings. The third-order valence-corrected chi connectivity index (χ3v) is 4.85. The van der Waals surface area contributed by atoms with Crippen LogP contribution in [0, 0.1) is 0 Å². The zero-order valence-corrected chi connectivity index (χ0v) is 10.6. The van der Waals surface area contributed by atoms with Crippen LogP contribution in [-0.2, 0) is 10.0 Å². The van der Waals surface area contributed by atoms with E-state index in [0.29, 0.717) is 18.1 Å². The number of hydrogen-bond donors (Lipinski definition) is 0. The molecule has 0 aliphatic carbocycles. The van der Waals surface area contributed by atoms with Crippen LogP contribution >= 0.6 is 23.2 Å². The van der Waals surface area contributed by atoms with Gasteiger partial charge in [-0.2, -0.15) is 4.31 Å². The highest BCUT2D eigenvalue weighted by molar-refractivity contribution is 7.89. The zero-order chi connectivity index (χ0) is 11.8. The van der Waals surface area contributed by atoms with E-state index in [1.54, 1.807) is 12.2 Å². The van der Waals surface area contributed by atoms with Crippen LogP contribution < -0.4 is 0 Å². The average Bonchev–Trinajstić information content (AvgIpc) is 2.69. The van der Waals surface area contributed by atoms with Crippen LogP contribution in [0.4, 0.5) is 0 Å². The molecular weight excluding hydrogens is 269 g/mol. The molecular formula is C10H9Cl2NO2S. The summed E-state index contributed by atoms with van der Waals surface area (Å²) in [7, 11) is -3.51. The standard InChI is InChI=1S/C10H9Cl2NO2S/c11-8-3-4-10(9(12)7-8)16(14,15)13-5-1-2-6-13/h1-4,7H,5-6H2. The molecule has 1 aromatic rings. The fraction of sp³-hybridized carbons (Fsp3) is 0.200. The lowest BCUT2D eigenvalue weighted by Crippen LogP contribution is -2.28. The Hall–Kier alpha value is -0.550. The third kappa shape index (κ3) is 2.11. The van der Waals surface area contributed by atoms with Crippen LogP contribution in [0.1, 0.15) is 0 Å². The van der Waals surface area contributed by atoms with Gasteiger partial charge in [-0.1, -0.05) is 35.4 Å². The van der Waals surface area contributed by atoms with Crippen molar-refractivity contribution < 1.29 is 8.42 Å². The highest BCUT2D eigenvalue weighted by Crippen LogP contribution is 2.28. The molecule has 0 saturated carbocycles. The normalized spacial score (nSPS) is 16.9. The lowest BCUT2D eigenvalue weighted by molar-refractivity contribution is 0.488. The first-order valence-electron chi connectivity index (χ1n) is 4.62. The molecule has 16 heavy (non-hydrogen) atoms. The summed E-state index contributed by atoms with van der Waals surface area (Å²) in [6.07, 6.45) is 3.61. The summed E-state index contributed by atoms with van der Waals surface area (Å²) < 4.78 is 25.6. The Balaban J connectivity index is 2.43. The van der Waals surface area contributed by atoms with Crippen LogP contribution in [0.5, 0.6) is 0 Å². The van der Waals surface area contributed by atoms with Gasteiger partial charge in [0.05, 0.1) is 5.02 Å². The van der Waals surface area contributed by atoms with E-state index in [-0.39, 0.29) is 9.92 Å². The molecule has 0 amide bonds. The lowest BCUT2D eigenvalue weighted by Gasteiger charge is -2.16. The molecule has 1 aromatic carbocycles. The molecule has 0 spiro atoms. The van der Waals surface area contributed by atoms with Crippen LogP contribution in [0.3, 0.4) is 0 Å². The summed E-state index contributed by atoms with van der Waals surface area (Å²) in [6, 6.07) is 4.38. The van der Waals surface area contributed by atoms with Crippen molar-refractivity contribution in [2.75, 3.05) is 13.1 Å². The van der Waals surface area contributed by atoms with Crippen molar-refractivity contribution in [2.45, 2.75) is 4.90 Å². The maximum Gasteiger partial charge on any atom is 0.245 e. The predicted molar refractivity (Wildman–Crippen MR) is 64.4 cm³/mol. The van der Waals surface area contributed by atoms with Crippen LogP contribution in [0.2, 0.25) is 10.0 Å². The average molecular weight is 278 g/mol. The van der Waals surface area contributed by atoms with E-state index in [1.165, 1.54) is 22.5 Å². The summed E-state index contributed by atoms with van der Waals surface area (Å²) in [5, 5.41) is 0.572. The van der Waals surface area contributed by atoms with Gasteiger partial charge in [0.15, 0.2) is 0 Å². The number of benzene rings is 1. The van der Waals surface area contributed by atoms with Gasteiger partial charge in [0.2, 0.25) is 10.0 Å². The van der Waals surface area contributed by atoms with E-state index in [9.17, 15) is 8.42 Å². The molecule has 0 bridgehead atoms. The minimum absolute atomic E-state index is 0.0993. The Morgan fingerprint density at radius 1 is 1.12 bits per heavy atom. The molecule has 0 unspecified atom stereocenters. The van der Waals surface area contributed by atoms with Crippen molar-refractivity contribution >= 4 is 33.2 Å². The summed E-state index contributed by atoms with van der Waals surface area (Å²) in [6.45, 7) is 0.780. The van der Waals surface area contributed by atoms with Crippen molar-refractivity contribution in [3.8, 4) is 0 Å². The first-order chi connectivity index (χ1) is 7.51. The molecule has 0 aromatic heterocycles. The molecule has 0 N–H and O–H groups in total. The first kappa shape index (κ1) is 11.9. The number of sulfonamides is 1. The van der Waals surface area contributed by atoms with Crippen LogP contribution in [0.15, 0.2) is 35.2 Å². The molecule has 6 heteroatoms. The molecule has 1 heterocycles. The summed E-state index contributed by atoms with van der Waals surface area (Å²) in [5.74, 6) is 0. The Bertz CT molecular complexity index is 532. The second-order valence-electron chi connectivity index (χ2n) is 3.37. The highest BCUT2D eigenvalue weighted by atomic mass is 35.5. The van der Waals surface area contributed by atoms with Crippen molar-refractivity contribution in [1.82, 2.24) is 4.31 Å². The van der Waals surface area contributed by atoms with E-state index in [2.05, 4.69) is 0 Å². The first-order valence-corrected chi connectivity index (χ1v) is 6.81. The lowest BCUT2D eigenvalue weighted by atomic mass is 10.4. The fourth-order valence-electron chi connectivity index (χ4n) is 1.48. The fourth-order valence-corrected chi connectivity index (χ4v) is 3.57. The molecule has 1 aliphatic heterocycles. The zero-order valence-electron chi connectivity index (χ0n) is 8.23. The largest absolute Gasteiger partial charge is 0.245 e. The van der Waals surface area contributed by atoms with Gasteiger partial charge in [-0.05, 0) is 18.2 Å². The van der Waals surface area contributed by atoms with E-state index in [4.69, 9.17) is 23.2 Å². The number of nitrogens with zero attached hydrogens (tertiary/aromatic N) is 1. The Kier molecular flexibility index (Phi) is 3.26. The smallest absolute Gasteiger partial charge is 0.207 e. The Morgan fingerprint density at radius 3 is 2.31 bits per heavy atom. The SMILES string of the molecule is O=S(=O)(c1ccc(Cl)cc1Cl)N1CC=CC1. The van der Waals surface area contributed by atoms with Crippen molar-refractivity contribution in [2.24, 2.45) is 0 Å². The van der Waals surface area contributed by atoms with Crippen LogP contribution in [0.25, 0.3) is 0 Å². The third-order valence-electron chi connectivity index (χ3n) is 2.30. The van der Waals surface area contributed by atoms with Gasteiger partial charge >= 0.3 is 0 Å². The van der Waals surface area contributed by atoms with Crippen molar-refractivity contribution in [3.63, 3.8) is 0 Å². The van der Waals surface area contributed by atoms with Gasteiger partial charge in [-0.25, -0.2) is 8.42 Å². The second-order valence-corrected chi connectivity index (χ2v) is 6.12. The maximum absolute atomic E-state index is 12.1. The van der Waals surface area contributed by atoms with Crippen LogP contribution in [-0.4, -0.2) is 25.8 Å². The Labute approximate surface area is 104 Å². The van der Waals surface area contributed by atoms with Gasteiger partial charge in [0.25, 0.3) is 0 Å². The topological polar surface area (TPSA) is 37.4 Å². The summed E-state index contributed by atoms with van der Waals surface area (Å²) in [4.78, 5) is 0.0993. The van der Waals surface area contributed by atoms with Crippen molar-refractivity contribution in [3.05, 3.63) is 40.4 Å². The van der Waals surface area contributed by atoms with Gasteiger partial charge in [-0.15, -0.1) is 0 Å². The van der Waals surface area contributed by atoms with E-state index in [1.807, 2.05) is 0 Å². The highest BCUT2D eigenvalue weighted by Gasteiger charge is 2.26. The van der Waals surface area contributed by atoms with E-state index < -0.39 is 10.0 Å². The molecule has 0 atom stereocenters. The monoisotopic (exact) mass is 277 g/mol. The molecule has 3 nitrogen and oxygen atoms in total. The molecule has 2 rings (SSSR count). The number of hydrogen-bond acceptors (Lipinski definition) is 2. The quantitative estimate of drug-likeness (QED) is 0.780. The van der Waals surface area contributed by atoms with Gasteiger partial charge in [0.1, 0.15) is 4.90 Å². The van der Waals surface area contributed by atoms with Gasteiger partial charge in [-0.3, -0.25) is 0 Å². The predicted octanol–water partition coefficient (Wildman–Crippen LogP) is 2.55. The van der Waals surface area contributed by atoms with Gasteiger partial charge in [0, 0.05) is 18.1 Å². The van der Waals surface area contributed by atoms with Gasteiger partial charge < -0.3 is 0 Å². The Morgan fingerprint density at radius 2 is 1.75 bits per heavy atom. The van der Waals surface area contributed by atoms with E-state index in [0.717, 1.165) is 0 Å². The number of rotatable bonds is 2. The molecule has 0 saturated heterocycles. The second kappa shape index (κ2) is 4.37. The summed E-state index contributed by atoms with van der Waals surface area (Å²) in [5.41, 5.74) is 0. The van der Waals surface area contributed by atoms with E-state index >= 15 is 0 Å². The maximum atomic E-state index is 12.1. The molecule has 0 radical (unpaired) electrons. The number of halogens is 2. The van der Waals surface area contributed by atoms with Crippen molar-refractivity contribution in [1.29, 1.82) is 0 Å². The molecule has 1 aliphatic rings.